The zero-order valence-corrected chi connectivity index (χ0v) is 10.6. The summed E-state index contributed by atoms with van der Waals surface area (Å²) in [6, 6.07) is 4.08. The van der Waals surface area contributed by atoms with Crippen molar-refractivity contribution in [1.82, 2.24) is 4.72 Å². The van der Waals surface area contributed by atoms with Gasteiger partial charge in [-0.25, -0.2) is 13.1 Å². The van der Waals surface area contributed by atoms with Crippen molar-refractivity contribution in [1.29, 1.82) is 0 Å². The normalized spacial score (nSPS) is 13.1. The van der Waals surface area contributed by atoms with Crippen LogP contribution in [0.25, 0.3) is 0 Å². The Morgan fingerprint density at radius 2 is 2.18 bits per heavy atom. The summed E-state index contributed by atoms with van der Waals surface area (Å²) in [4.78, 5) is 0.0219. The minimum absolute atomic E-state index is 0.0219. The summed E-state index contributed by atoms with van der Waals surface area (Å²) in [5, 5.41) is 0. The van der Waals surface area contributed by atoms with Gasteiger partial charge in [0.05, 0.1) is 7.11 Å². The Bertz CT molecular complexity index is 511. The predicted molar refractivity (Wildman–Crippen MR) is 67.4 cm³/mol. The number of nitrogens with two attached hydrogens (primary N) is 1. The maximum atomic E-state index is 12.0. The number of sulfonamides is 1. The second kappa shape index (κ2) is 5.20. The van der Waals surface area contributed by atoms with Gasteiger partial charge in [0.2, 0.25) is 10.0 Å². The quantitative estimate of drug-likeness (QED) is 0.611. The van der Waals surface area contributed by atoms with Crippen molar-refractivity contribution in [3.8, 4) is 5.75 Å². The largest absolute Gasteiger partial charge is 0.495 e. The first kappa shape index (κ1) is 13.5. The lowest BCUT2D eigenvalue weighted by Gasteiger charge is -2.13. The molecule has 1 rings (SSSR count). The highest BCUT2D eigenvalue weighted by molar-refractivity contribution is 7.89. The summed E-state index contributed by atoms with van der Waals surface area (Å²) in [5.41, 5.74) is 5.93. The molecular formula is C11H16N2O3S. The molecule has 5 nitrogen and oxygen atoms in total. The number of ether oxygens (including phenoxy) is 1. The maximum absolute atomic E-state index is 12.0. The van der Waals surface area contributed by atoms with E-state index in [0.717, 1.165) is 0 Å². The van der Waals surface area contributed by atoms with Crippen molar-refractivity contribution in [2.75, 3.05) is 12.8 Å². The van der Waals surface area contributed by atoms with Crippen molar-refractivity contribution < 1.29 is 13.2 Å². The van der Waals surface area contributed by atoms with Crippen LogP contribution in [0.2, 0.25) is 0 Å². The molecule has 0 fully saturated rings. The van der Waals surface area contributed by atoms with Crippen molar-refractivity contribution in [3.05, 3.63) is 30.9 Å². The van der Waals surface area contributed by atoms with E-state index in [4.69, 9.17) is 10.5 Å². The van der Waals surface area contributed by atoms with Crippen LogP contribution >= 0.6 is 0 Å². The molecule has 1 unspecified atom stereocenters. The van der Waals surface area contributed by atoms with Crippen LogP contribution in [0.4, 0.5) is 5.69 Å². The van der Waals surface area contributed by atoms with E-state index in [2.05, 4.69) is 11.3 Å². The second-order valence-electron chi connectivity index (χ2n) is 3.56. The fraction of sp³-hybridized carbons (Fsp3) is 0.273. The third kappa shape index (κ3) is 3.21. The highest BCUT2D eigenvalue weighted by atomic mass is 32.2. The summed E-state index contributed by atoms with van der Waals surface area (Å²) >= 11 is 0. The van der Waals surface area contributed by atoms with E-state index in [1.54, 1.807) is 13.0 Å². The molecule has 0 aliphatic rings. The van der Waals surface area contributed by atoms with Crippen molar-refractivity contribution in [2.24, 2.45) is 0 Å². The third-order valence-corrected chi connectivity index (χ3v) is 3.75. The van der Waals surface area contributed by atoms with Gasteiger partial charge < -0.3 is 10.5 Å². The fourth-order valence-electron chi connectivity index (χ4n) is 1.26. The van der Waals surface area contributed by atoms with Gasteiger partial charge in [-0.3, -0.25) is 0 Å². The highest BCUT2D eigenvalue weighted by Gasteiger charge is 2.20. The number of benzene rings is 1. The molecule has 0 radical (unpaired) electrons. The summed E-state index contributed by atoms with van der Waals surface area (Å²) < 4.78 is 31.5. The molecule has 94 valence electrons. The van der Waals surface area contributed by atoms with Crippen LogP contribution in [0.15, 0.2) is 35.7 Å². The Balaban J connectivity index is 3.22. The average Bonchev–Trinajstić information content (AvgIpc) is 2.28. The highest BCUT2D eigenvalue weighted by Crippen LogP contribution is 2.25. The molecule has 3 N–H and O–H groups in total. The van der Waals surface area contributed by atoms with E-state index in [-0.39, 0.29) is 16.7 Å². The Kier molecular flexibility index (Phi) is 4.14. The Morgan fingerprint density at radius 3 is 2.71 bits per heavy atom. The van der Waals surface area contributed by atoms with Crippen LogP contribution in [-0.4, -0.2) is 21.6 Å². The van der Waals surface area contributed by atoms with E-state index in [1.807, 2.05) is 0 Å². The van der Waals surface area contributed by atoms with Crippen LogP contribution in [0, 0.1) is 0 Å². The zero-order chi connectivity index (χ0) is 13.1. The smallest absolute Gasteiger partial charge is 0.244 e. The number of methoxy groups -OCH3 is 1. The summed E-state index contributed by atoms with van der Waals surface area (Å²) in [7, 11) is -2.26. The molecule has 0 aromatic heterocycles. The third-order valence-electron chi connectivity index (χ3n) is 2.17. The SMILES string of the molecule is C=CC(C)NS(=O)(=O)c1cc(N)ccc1OC. The molecule has 0 saturated carbocycles. The summed E-state index contributed by atoms with van der Waals surface area (Å²) in [6.07, 6.45) is 1.50. The zero-order valence-electron chi connectivity index (χ0n) is 9.80. The lowest BCUT2D eigenvalue weighted by atomic mass is 10.3. The summed E-state index contributed by atoms with van der Waals surface area (Å²) in [5.74, 6) is 0.253. The number of anilines is 1. The molecule has 6 heteroatoms. The van der Waals surface area contributed by atoms with Crippen LogP contribution < -0.4 is 15.2 Å². The molecule has 0 saturated heterocycles. The van der Waals surface area contributed by atoms with Crippen LogP contribution in [0.3, 0.4) is 0 Å². The van der Waals surface area contributed by atoms with Gasteiger partial charge in [-0.2, -0.15) is 0 Å². The molecule has 0 amide bonds. The molecule has 1 atom stereocenters. The van der Waals surface area contributed by atoms with Crippen molar-refractivity contribution in [3.63, 3.8) is 0 Å². The van der Waals surface area contributed by atoms with Gasteiger partial charge >= 0.3 is 0 Å². The van der Waals surface area contributed by atoms with Gasteiger partial charge in [0.1, 0.15) is 10.6 Å². The lowest BCUT2D eigenvalue weighted by Crippen LogP contribution is -2.31. The standard InChI is InChI=1S/C11H16N2O3S/c1-4-8(2)13-17(14,15)11-7-9(12)5-6-10(11)16-3/h4-8,13H,1,12H2,2-3H3. The Hall–Kier alpha value is -1.53. The molecule has 0 bridgehead atoms. The van der Waals surface area contributed by atoms with E-state index >= 15 is 0 Å². The minimum atomic E-state index is -3.66. The Morgan fingerprint density at radius 1 is 1.53 bits per heavy atom. The van der Waals surface area contributed by atoms with Crippen LogP contribution in [0.5, 0.6) is 5.75 Å². The van der Waals surface area contributed by atoms with E-state index in [1.165, 1.54) is 25.3 Å². The second-order valence-corrected chi connectivity index (χ2v) is 5.24. The van der Waals surface area contributed by atoms with Crippen LogP contribution in [-0.2, 0) is 10.0 Å². The minimum Gasteiger partial charge on any atom is -0.495 e. The average molecular weight is 256 g/mol. The van der Waals surface area contributed by atoms with Crippen molar-refractivity contribution in [2.45, 2.75) is 17.9 Å². The van der Waals surface area contributed by atoms with Gasteiger partial charge in [0.15, 0.2) is 0 Å². The number of hydrogen-bond donors (Lipinski definition) is 2. The van der Waals surface area contributed by atoms with Gasteiger partial charge in [0.25, 0.3) is 0 Å². The lowest BCUT2D eigenvalue weighted by molar-refractivity contribution is 0.402. The Labute approximate surface area is 101 Å². The molecule has 17 heavy (non-hydrogen) atoms. The predicted octanol–water partition coefficient (Wildman–Crippen LogP) is 1.13. The summed E-state index contributed by atoms with van der Waals surface area (Å²) in [6.45, 7) is 5.20. The molecule has 0 aliphatic heterocycles. The first-order valence-electron chi connectivity index (χ1n) is 4.99. The molecule has 0 heterocycles. The molecular weight excluding hydrogens is 240 g/mol. The topological polar surface area (TPSA) is 81.4 Å². The van der Waals surface area contributed by atoms with Crippen molar-refractivity contribution >= 4 is 15.7 Å². The van der Waals surface area contributed by atoms with Crippen LogP contribution in [0.1, 0.15) is 6.92 Å². The van der Waals surface area contributed by atoms with Gasteiger partial charge in [-0.15, -0.1) is 6.58 Å². The van der Waals surface area contributed by atoms with E-state index in [0.29, 0.717) is 5.69 Å². The fourth-order valence-corrected chi connectivity index (χ4v) is 2.68. The molecule has 0 aliphatic carbocycles. The maximum Gasteiger partial charge on any atom is 0.244 e. The van der Waals surface area contributed by atoms with Gasteiger partial charge in [-0.1, -0.05) is 6.08 Å². The number of nitrogens with one attached hydrogen (secondary N) is 1. The molecule has 0 spiro atoms. The first-order chi connectivity index (χ1) is 7.90. The number of hydrogen-bond acceptors (Lipinski definition) is 4. The molecule has 1 aromatic carbocycles. The monoisotopic (exact) mass is 256 g/mol. The van der Waals surface area contributed by atoms with E-state index in [9.17, 15) is 8.42 Å². The first-order valence-corrected chi connectivity index (χ1v) is 6.47. The number of nitrogen functional groups attached to an aromatic ring is 1. The number of rotatable bonds is 5. The molecule has 1 aromatic rings. The van der Waals surface area contributed by atoms with Gasteiger partial charge in [-0.05, 0) is 25.1 Å². The van der Waals surface area contributed by atoms with E-state index < -0.39 is 10.0 Å². The van der Waals surface area contributed by atoms with Gasteiger partial charge in [0, 0.05) is 11.7 Å².